The van der Waals surface area contributed by atoms with Gasteiger partial charge in [-0.2, -0.15) is 0 Å². The molecule has 1 N–H and O–H groups in total. The molecule has 0 aliphatic heterocycles. The second-order valence-corrected chi connectivity index (χ2v) is 4.82. The van der Waals surface area contributed by atoms with Crippen molar-refractivity contribution in [2.75, 3.05) is 0 Å². The first kappa shape index (κ1) is 12.4. The van der Waals surface area contributed by atoms with Crippen molar-refractivity contribution in [3.05, 3.63) is 57.5 Å². The molecular weight excluding hydrogens is 303 g/mol. The van der Waals surface area contributed by atoms with Gasteiger partial charge in [0.1, 0.15) is 11.5 Å². The van der Waals surface area contributed by atoms with Gasteiger partial charge in [-0.05, 0) is 30.3 Å². The maximum absolute atomic E-state index is 9.22. The lowest BCUT2D eigenvalue weighted by molar-refractivity contribution is 0.276. The summed E-state index contributed by atoms with van der Waals surface area (Å²) in [5, 5.41) is 9.83. The Morgan fingerprint density at radius 2 is 2.00 bits per heavy atom. The summed E-state index contributed by atoms with van der Waals surface area (Å²) in [6.45, 7) is -0.0663. The molecule has 2 rings (SSSR count). The van der Waals surface area contributed by atoms with Gasteiger partial charge in [-0.25, -0.2) is 0 Å². The van der Waals surface area contributed by atoms with E-state index >= 15 is 0 Å². The van der Waals surface area contributed by atoms with Crippen LogP contribution in [0.3, 0.4) is 0 Å². The molecule has 0 bridgehead atoms. The highest BCUT2D eigenvalue weighted by atomic mass is 79.9. The Kier molecular flexibility index (Phi) is 4.05. The average Bonchev–Trinajstić information content (AvgIpc) is 2.29. The van der Waals surface area contributed by atoms with Gasteiger partial charge < -0.3 is 9.84 Å². The minimum Gasteiger partial charge on any atom is -0.457 e. The molecule has 4 heteroatoms. The van der Waals surface area contributed by atoms with E-state index in [-0.39, 0.29) is 6.61 Å². The number of ether oxygens (including phenoxy) is 1. The van der Waals surface area contributed by atoms with Gasteiger partial charge in [0.05, 0.1) is 6.61 Å². The summed E-state index contributed by atoms with van der Waals surface area (Å²) in [7, 11) is 0. The van der Waals surface area contributed by atoms with Gasteiger partial charge in [0.2, 0.25) is 0 Å². The molecule has 2 aromatic rings. The average molecular weight is 314 g/mol. The zero-order valence-corrected chi connectivity index (χ0v) is 11.2. The number of rotatable bonds is 3. The van der Waals surface area contributed by atoms with Crippen LogP contribution in [0.15, 0.2) is 46.9 Å². The number of halogens is 2. The fourth-order valence-corrected chi connectivity index (χ4v) is 1.93. The maximum Gasteiger partial charge on any atom is 0.134 e. The van der Waals surface area contributed by atoms with Crippen LogP contribution in [0.25, 0.3) is 0 Å². The van der Waals surface area contributed by atoms with Crippen molar-refractivity contribution in [3.8, 4) is 11.5 Å². The number of aliphatic hydroxyl groups excluding tert-OH is 1. The number of benzene rings is 2. The van der Waals surface area contributed by atoms with Crippen molar-refractivity contribution in [2.45, 2.75) is 6.61 Å². The lowest BCUT2D eigenvalue weighted by atomic mass is 10.2. The van der Waals surface area contributed by atoms with Crippen LogP contribution in [0, 0.1) is 0 Å². The maximum atomic E-state index is 9.22. The third-order valence-corrected chi connectivity index (χ3v) is 2.95. The fourth-order valence-electron chi connectivity index (χ4n) is 1.41. The van der Waals surface area contributed by atoms with Crippen LogP contribution in [0.2, 0.25) is 5.02 Å². The van der Waals surface area contributed by atoms with Gasteiger partial charge in [0, 0.05) is 15.1 Å². The second-order valence-electron chi connectivity index (χ2n) is 3.47. The largest absolute Gasteiger partial charge is 0.457 e. The molecule has 0 heterocycles. The van der Waals surface area contributed by atoms with Crippen LogP contribution < -0.4 is 4.74 Å². The zero-order valence-electron chi connectivity index (χ0n) is 8.86. The Bertz CT molecular complexity index is 529. The number of hydrogen-bond acceptors (Lipinski definition) is 2. The highest BCUT2D eigenvalue weighted by molar-refractivity contribution is 9.10. The summed E-state index contributed by atoms with van der Waals surface area (Å²) in [4.78, 5) is 0. The molecule has 0 radical (unpaired) electrons. The van der Waals surface area contributed by atoms with Crippen LogP contribution in [0.4, 0.5) is 0 Å². The molecule has 0 saturated heterocycles. The third kappa shape index (κ3) is 3.22. The highest BCUT2D eigenvalue weighted by Gasteiger charge is 2.05. The quantitative estimate of drug-likeness (QED) is 0.911. The first-order chi connectivity index (χ1) is 8.19. The monoisotopic (exact) mass is 312 g/mol. The number of aliphatic hydroxyl groups is 1. The smallest absolute Gasteiger partial charge is 0.134 e. The summed E-state index contributed by atoms with van der Waals surface area (Å²) in [5.41, 5.74) is 0.730. The molecule has 0 amide bonds. The van der Waals surface area contributed by atoms with Gasteiger partial charge in [-0.15, -0.1) is 0 Å². The number of hydrogen-bond donors (Lipinski definition) is 1. The Hall–Kier alpha value is -1.03. The molecule has 0 atom stereocenters. The SMILES string of the molecule is OCc1ccc(Br)cc1Oc1cccc(Cl)c1. The van der Waals surface area contributed by atoms with Crippen LogP contribution in [-0.4, -0.2) is 5.11 Å². The van der Waals surface area contributed by atoms with E-state index in [1.165, 1.54) is 0 Å². The second kappa shape index (κ2) is 5.54. The standard InChI is InChI=1S/C13H10BrClO2/c14-10-5-4-9(8-16)13(6-10)17-12-3-1-2-11(15)7-12/h1-7,16H,8H2. The molecule has 0 aliphatic rings. The van der Waals surface area contributed by atoms with E-state index in [1.807, 2.05) is 30.3 Å². The van der Waals surface area contributed by atoms with Gasteiger partial charge in [-0.3, -0.25) is 0 Å². The third-order valence-electron chi connectivity index (χ3n) is 2.22. The van der Waals surface area contributed by atoms with Crippen molar-refractivity contribution in [2.24, 2.45) is 0 Å². The normalized spacial score (nSPS) is 10.3. The zero-order chi connectivity index (χ0) is 12.3. The lowest BCUT2D eigenvalue weighted by Crippen LogP contribution is -1.91. The van der Waals surface area contributed by atoms with Gasteiger partial charge >= 0.3 is 0 Å². The molecule has 17 heavy (non-hydrogen) atoms. The van der Waals surface area contributed by atoms with E-state index in [4.69, 9.17) is 16.3 Å². The van der Waals surface area contributed by atoms with Gasteiger partial charge in [0.15, 0.2) is 0 Å². The highest BCUT2D eigenvalue weighted by Crippen LogP contribution is 2.29. The van der Waals surface area contributed by atoms with Crippen molar-refractivity contribution in [1.82, 2.24) is 0 Å². The Morgan fingerprint density at radius 3 is 2.71 bits per heavy atom. The minimum absolute atomic E-state index is 0.0663. The minimum atomic E-state index is -0.0663. The molecule has 0 spiro atoms. The van der Waals surface area contributed by atoms with E-state index in [9.17, 15) is 5.11 Å². The topological polar surface area (TPSA) is 29.5 Å². The first-order valence-corrected chi connectivity index (χ1v) is 6.19. The van der Waals surface area contributed by atoms with Crippen LogP contribution in [0.1, 0.15) is 5.56 Å². The molecule has 0 aromatic heterocycles. The molecule has 0 aliphatic carbocycles. The van der Waals surface area contributed by atoms with Crippen LogP contribution in [0.5, 0.6) is 11.5 Å². The van der Waals surface area contributed by atoms with Crippen molar-refractivity contribution in [1.29, 1.82) is 0 Å². The summed E-state index contributed by atoms with van der Waals surface area (Å²) in [5.74, 6) is 1.26. The van der Waals surface area contributed by atoms with Crippen molar-refractivity contribution in [3.63, 3.8) is 0 Å². The Labute approximate surface area is 113 Å². The Morgan fingerprint density at radius 1 is 1.18 bits per heavy atom. The lowest BCUT2D eigenvalue weighted by Gasteiger charge is -2.10. The van der Waals surface area contributed by atoms with E-state index < -0.39 is 0 Å². The van der Waals surface area contributed by atoms with Crippen LogP contribution >= 0.6 is 27.5 Å². The van der Waals surface area contributed by atoms with Crippen LogP contribution in [-0.2, 0) is 6.61 Å². The van der Waals surface area contributed by atoms with E-state index in [1.54, 1.807) is 12.1 Å². The fraction of sp³-hybridized carbons (Fsp3) is 0.0769. The van der Waals surface area contributed by atoms with Gasteiger partial charge in [0.25, 0.3) is 0 Å². The predicted octanol–water partition coefficient (Wildman–Crippen LogP) is 4.39. The summed E-state index contributed by atoms with van der Waals surface area (Å²) >= 11 is 9.24. The van der Waals surface area contributed by atoms with Crippen molar-refractivity contribution < 1.29 is 9.84 Å². The molecule has 0 unspecified atom stereocenters. The van der Waals surface area contributed by atoms with E-state index in [2.05, 4.69) is 15.9 Å². The predicted molar refractivity (Wildman–Crippen MR) is 71.6 cm³/mol. The molecule has 0 saturated carbocycles. The van der Waals surface area contributed by atoms with E-state index in [0.717, 1.165) is 10.0 Å². The summed E-state index contributed by atoms with van der Waals surface area (Å²) < 4.78 is 6.58. The molecule has 0 fully saturated rings. The molecular formula is C13H10BrClO2. The Balaban J connectivity index is 2.32. The molecule has 2 aromatic carbocycles. The summed E-state index contributed by atoms with van der Waals surface area (Å²) in [6, 6.07) is 12.6. The van der Waals surface area contributed by atoms with Gasteiger partial charge in [-0.1, -0.05) is 39.7 Å². The summed E-state index contributed by atoms with van der Waals surface area (Å²) in [6.07, 6.45) is 0. The first-order valence-electron chi connectivity index (χ1n) is 5.02. The van der Waals surface area contributed by atoms with E-state index in [0.29, 0.717) is 16.5 Å². The molecule has 88 valence electrons. The molecule has 2 nitrogen and oxygen atoms in total. The van der Waals surface area contributed by atoms with Crippen molar-refractivity contribution >= 4 is 27.5 Å².